The van der Waals surface area contributed by atoms with Crippen molar-refractivity contribution in [1.82, 2.24) is 10.3 Å². The summed E-state index contributed by atoms with van der Waals surface area (Å²) in [6, 6.07) is 65.2. The highest BCUT2D eigenvalue weighted by atomic mass is 15.0. The summed E-state index contributed by atoms with van der Waals surface area (Å²) in [5.74, 6) is 0.847. The van der Waals surface area contributed by atoms with Gasteiger partial charge in [0.25, 0.3) is 0 Å². The van der Waals surface area contributed by atoms with Crippen LogP contribution in [-0.4, -0.2) is 10.8 Å². The zero-order valence-electron chi connectivity index (χ0n) is 29.5. The van der Waals surface area contributed by atoms with Crippen LogP contribution in [0.25, 0.3) is 71.4 Å². The van der Waals surface area contributed by atoms with E-state index in [0.717, 1.165) is 33.8 Å². The molecule has 0 amide bonds. The van der Waals surface area contributed by atoms with E-state index in [9.17, 15) is 0 Å². The summed E-state index contributed by atoms with van der Waals surface area (Å²) in [6.07, 6.45) is 5.96. The van der Waals surface area contributed by atoms with E-state index in [4.69, 9.17) is 4.99 Å². The van der Waals surface area contributed by atoms with Gasteiger partial charge in [0.15, 0.2) is 0 Å². The minimum absolute atomic E-state index is 0.0930. The van der Waals surface area contributed by atoms with Crippen LogP contribution in [0.1, 0.15) is 22.7 Å². The minimum Gasteiger partial charge on any atom is -0.359 e. The van der Waals surface area contributed by atoms with Crippen molar-refractivity contribution in [3.63, 3.8) is 0 Å². The van der Waals surface area contributed by atoms with E-state index in [1.54, 1.807) is 6.20 Å². The molecule has 8 aromatic carbocycles. The highest BCUT2D eigenvalue weighted by Gasteiger charge is 2.21. The molecule has 254 valence electrons. The number of aromatic nitrogens is 1. The number of hydrogen-bond donors (Lipinski definition) is 1. The lowest BCUT2D eigenvalue weighted by molar-refractivity contribution is 0.781. The predicted molar refractivity (Wildman–Crippen MR) is 226 cm³/mol. The first-order valence-corrected chi connectivity index (χ1v) is 18.4. The number of pyridine rings is 1. The number of aliphatic imine (C=N–C) groups is 1. The first-order valence-electron chi connectivity index (χ1n) is 18.4. The van der Waals surface area contributed by atoms with Gasteiger partial charge in [0.05, 0.1) is 11.7 Å². The topological polar surface area (TPSA) is 37.3 Å². The first-order chi connectivity index (χ1) is 26.7. The fourth-order valence-electron chi connectivity index (χ4n) is 7.87. The van der Waals surface area contributed by atoms with Crippen LogP contribution in [0.2, 0.25) is 0 Å². The molecule has 10 rings (SSSR count). The Morgan fingerprint density at radius 3 is 1.87 bits per heavy atom. The molecule has 0 bridgehead atoms. The van der Waals surface area contributed by atoms with Crippen molar-refractivity contribution >= 4 is 43.9 Å². The summed E-state index contributed by atoms with van der Waals surface area (Å²) in [4.78, 5) is 9.59. The van der Waals surface area contributed by atoms with Crippen molar-refractivity contribution in [2.45, 2.75) is 6.04 Å². The number of amidine groups is 1. The maximum Gasteiger partial charge on any atom is 0.134 e. The van der Waals surface area contributed by atoms with Crippen LogP contribution in [0.15, 0.2) is 205 Å². The summed E-state index contributed by atoms with van der Waals surface area (Å²) in [7, 11) is 0. The molecule has 2 heterocycles. The van der Waals surface area contributed by atoms with Gasteiger partial charge >= 0.3 is 0 Å². The standard InChI is InChI=1S/C51H35N3/c1-3-16-43-35(10-1)12-8-20-44(43)39-13-7-14-41(30-39)50-32-49(37-25-21-34(22-26-37)42-15-9-29-52-33-42)53-51(54-50)38-27-23-36(24-28-38)48-31-40-11-2-4-17-45(40)46-18-5-6-19-47(46)48/h1-33,50H,(H,53,54). The van der Waals surface area contributed by atoms with Crippen LogP contribution in [0.5, 0.6) is 0 Å². The third-order valence-corrected chi connectivity index (χ3v) is 10.6. The van der Waals surface area contributed by atoms with Gasteiger partial charge < -0.3 is 5.32 Å². The van der Waals surface area contributed by atoms with E-state index in [1.807, 2.05) is 12.3 Å². The third-order valence-electron chi connectivity index (χ3n) is 10.6. The van der Waals surface area contributed by atoms with Gasteiger partial charge in [-0.15, -0.1) is 0 Å². The molecule has 0 spiro atoms. The normalized spacial score (nSPS) is 14.1. The average molecular weight is 690 g/mol. The van der Waals surface area contributed by atoms with E-state index in [0.29, 0.717) is 0 Å². The molecular formula is C51H35N3. The maximum absolute atomic E-state index is 5.27. The average Bonchev–Trinajstić information content (AvgIpc) is 3.26. The number of fused-ring (bicyclic) bond motifs is 4. The van der Waals surface area contributed by atoms with Crippen LogP contribution in [0, 0.1) is 0 Å². The van der Waals surface area contributed by atoms with Crippen LogP contribution in [0.3, 0.4) is 0 Å². The summed E-state index contributed by atoms with van der Waals surface area (Å²) in [5.41, 5.74) is 11.3. The van der Waals surface area contributed by atoms with E-state index in [2.05, 4.69) is 192 Å². The highest BCUT2D eigenvalue weighted by molar-refractivity contribution is 6.14. The van der Waals surface area contributed by atoms with Crippen LogP contribution >= 0.6 is 0 Å². The Balaban J connectivity index is 1.05. The number of rotatable bonds is 6. The molecule has 54 heavy (non-hydrogen) atoms. The van der Waals surface area contributed by atoms with Gasteiger partial charge in [-0.3, -0.25) is 4.98 Å². The molecule has 1 N–H and O–H groups in total. The maximum atomic E-state index is 5.27. The van der Waals surface area contributed by atoms with Crippen LogP contribution in [-0.2, 0) is 0 Å². The molecule has 9 aromatic rings. The van der Waals surface area contributed by atoms with Gasteiger partial charge in [0, 0.05) is 18.0 Å². The lowest BCUT2D eigenvalue weighted by Gasteiger charge is -2.25. The van der Waals surface area contributed by atoms with E-state index in [-0.39, 0.29) is 6.04 Å². The molecule has 0 saturated carbocycles. The smallest absolute Gasteiger partial charge is 0.134 e. The summed E-state index contributed by atoms with van der Waals surface area (Å²) in [5, 5.41) is 11.3. The quantitative estimate of drug-likeness (QED) is 0.176. The zero-order valence-corrected chi connectivity index (χ0v) is 29.5. The highest BCUT2D eigenvalue weighted by Crippen LogP contribution is 2.37. The number of nitrogens with one attached hydrogen (secondary N) is 1. The molecule has 1 unspecified atom stereocenters. The lowest BCUT2D eigenvalue weighted by Crippen LogP contribution is -2.31. The Morgan fingerprint density at radius 1 is 0.407 bits per heavy atom. The van der Waals surface area contributed by atoms with Gasteiger partial charge in [-0.2, -0.15) is 0 Å². The minimum atomic E-state index is -0.0930. The Hall–Kier alpha value is -7.10. The fourth-order valence-corrected chi connectivity index (χ4v) is 7.87. The molecule has 0 radical (unpaired) electrons. The Kier molecular flexibility index (Phi) is 7.88. The molecule has 0 saturated heterocycles. The Morgan fingerprint density at radius 2 is 1.06 bits per heavy atom. The Bertz CT molecular complexity index is 2880. The van der Waals surface area contributed by atoms with Crippen molar-refractivity contribution in [2.75, 3.05) is 0 Å². The molecule has 1 aliphatic heterocycles. The molecule has 0 fully saturated rings. The van der Waals surface area contributed by atoms with Crippen LogP contribution < -0.4 is 5.32 Å². The second kappa shape index (κ2) is 13.5. The summed E-state index contributed by atoms with van der Waals surface area (Å²) < 4.78 is 0. The van der Waals surface area contributed by atoms with Crippen molar-refractivity contribution in [3.05, 3.63) is 217 Å². The molecular weight excluding hydrogens is 655 g/mol. The Labute approximate surface area is 314 Å². The lowest BCUT2D eigenvalue weighted by atomic mass is 9.92. The van der Waals surface area contributed by atoms with Crippen molar-refractivity contribution < 1.29 is 0 Å². The van der Waals surface area contributed by atoms with Gasteiger partial charge in [0.2, 0.25) is 0 Å². The second-order valence-corrected chi connectivity index (χ2v) is 13.9. The largest absolute Gasteiger partial charge is 0.359 e. The summed E-state index contributed by atoms with van der Waals surface area (Å²) in [6.45, 7) is 0. The van der Waals surface area contributed by atoms with Gasteiger partial charge in [-0.05, 0) is 101 Å². The monoisotopic (exact) mass is 689 g/mol. The SMILES string of the molecule is C1=C(c2ccc(-c3cccnc3)cc2)N=C(c2ccc(-c3cc4ccccc4c4ccccc34)cc2)NC1c1cccc(-c2cccc3ccccc23)c1. The van der Waals surface area contributed by atoms with Gasteiger partial charge in [0.1, 0.15) is 5.84 Å². The molecule has 1 aliphatic rings. The molecule has 0 aliphatic carbocycles. The molecule has 1 aromatic heterocycles. The van der Waals surface area contributed by atoms with E-state index in [1.165, 1.54) is 60.1 Å². The van der Waals surface area contributed by atoms with Crippen molar-refractivity contribution in [1.29, 1.82) is 0 Å². The van der Waals surface area contributed by atoms with Gasteiger partial charge in [-0.25, -0.2) is 4.99 Å². The third kappa shape index (κ3) is 5.82. The fraction of sp³-hybridized carbons (Fsp3) is 0.0196. The molecule has 3 heteroatoms. The van der Waals surface area contributed by atoms with Crippen molar-refractivity contribution in [3.8, 4) is 33.4 Å². The van der Waals surface area contributed by atoms with Gasteiger partial charge in [-0.1, -0.05) is 164 Å². The predicted octanol–water partition coefficient (Wildman–Crippen LogP) is 12.7. The van der Waals surface area contributed by atoms with Crippen molar-refractivity contribution in [2.24, 2.45) is 4.99 Å². The zero-order chi connectivity index (χ0) is 35.8. The number of nitrogens with zero attached hydrogens (tertiary/aromatic N) is 2. The second-order valence-electron chi connectivity index (χ2n) is 13.9. The first kappa shape index (κ1) is 31.6. The summed E-state index contributed by atoms with van der Waals surface area (Å²) >= 11 is 0. The number of benzene rings is 8. The number of hydrogen-bond acceptors (Lipinski definition) is 3. The van der Waals surface area contributed by atoms with E-state index >= 15 is 0 Å². The molecule has 3 nitrogen and oxygen atoms in total. The molecule has 1 atom stereocenters. The van der Waals surface area contributed by atoms with E-state index < -0.39 is 0 Å². The van der Waals surface area contributed by atoms with Crippen LogP contribution in [0.4, 0.5) is 0 Å².